The van der Waals surface area contributed by atoms with Gasteiger partial charge in [-0.3, -0.25) is 9.69 Å². The molecule has 1 aromatic heterocycles. The second-order valence-electron chi connectivity index (χ2n) is 7.34. The molecule has 0 spiro atoms. The summed E-state index contributed by atoms with van der Waals surface area (Å²) in [6.45, 7) is 4.93. The number of carbonyl (C=O) groups excluding carboxylic acids is 1. The Hall–Kier alpha value is -2.96. The lowest BCUT2D eigenvalue weighted by Crippen LogP contribution is -2.50. The zero-order valence-electron chi connectivity index (χ0n) is 16.8. The predicted molar refractivity (Wildman–Crippen MR) is 120 cm³/mol. The van der Waals surface area contributed by atoms with Gasteiger partial charge in [0.05, 0.1) is 0 Å². The third-order valence-electron chi connectivity index (χ3n) is 5.32. The van der Waals surface area contributed by atoms with Gasteiger partial charge in [0, 0.05) is 49.3 Å². The molecule has 3 aromatic rings. The Morgan fingerprint density at radius 3 is 2.37 bits per heavy atom. The number of amides is 1. The number of aryl methyl sites for hydroxylation is 1. The quantitative estimate of drug-likeness (QED) is 0.676. The highest BCUT2D eigenvalue weighted by Crippen LogP contribution is 2.26. The van der Waals surface area contributed by atoms with E-state index in [0.717, 1.165) is 43.3 Å². The molecule has 2 heterocycles. The topological polar surface area (TPSA) is 61.4 Å². The minimum Gasteiger partial charge on any atom is -0.338 e. The van der Waals surface area contributed by atoms with Crippen molar-refractivity contribution >= 4 is 29.1 Å². The summed E-state index contributed by atoms with van der Waals surface area (Å²) in [5, 5.41) is 3.68. The summed E-state index contributed by atoms with van der Waals surface area (Å²) < 4.78 is 0. The summed E-state index contributed by atoms with van der Waals surface area (Å²) in [4.78, 5) is 26.4. The van der Waals surface area contributed by atoms with Crippen LogP contribution in [0, 0.1) is 6.92 Å². The fourth-order valence-electron chi connectivity index (χ4n) is 3.68. The van der Waals surface area contributed by atoms with Crippen LogP contribution < -0.4 is 10.2 Å². The van der Waals surface area contributed by atoms with Gasteiger partial charge in [0.2, 0.25) is 11.9 Å². The van der Waals surface area contributed by atoms with Gasteiger partial charge >= 0.3 is 0 Å². The van der Waals surface area contributed by atoms with E-state index in [2.05, 4.69) is 25.1 Å². The number of benzene rings is 2. The molecule has 30 heavy (non-hydrogen) atoms. The molecule has 0 bridgehead atoms. The molecule has 1 saturated heterocycles. The molecule has 6 nitrogen and oxygen atoms in total. The van der Waals surface area contributed by atoms with Crippen molar-refractivity contribution in [3.63, 3.8) is 0 Å². The van der Waals surface area contributed by atoms with Gasteiger partial charge in [0.15, 0.2) is 0 Å². The first-order valence-corrected chi connectivity index (χ1v) is 10.4. The van der Waals surface area contributed by atoms with Gasteiger partial charge < -0.3 is 10.2 Å². The van der Waals surface area contributed by atoms with E-state index in [1.807, 2.05) is 55.5 Å². The lowest BCUT2D eigenvalue weighted by Gasteiger charge is -2.38. The van der Waals surface area contributed by atoms with Crippen molar-refractivity contribution in [3.8, 4) is 0 Å². The SMILES string of the molecule is Cc1ccc(NC(=O)[C@H](c2ccccc2)N2CCN(c3ncccn3)CC2)cc1Cl. The van der Waals surface area contributed by atoms with Gasteiger partial charge in [-0.1, -0.05) is 48.0 Å². The van der Waals surface area contributed by atoms with Crippen molar-refractivity contribution in [2.75, 3.05) is 36.4 Å². The molecule has 1 N–H and O–H groups in total. The summed E-state index contributed by atoms with van der Waals surface area (Å²) >= 11 is 6.24. The summed E-state index contributed by atoms with van der Waals surface area (Å²) in [6, 6.07) is 16.9. The zero-order valence-corrected chi connectivity index (χ0v) is 17.6. The molecule has 2 aromatic carbocycles. The highest BCUT2D eigenvalue weighted by molar-refractivity contribution is 6.31. The number of aromatic nitrogens is 2. The number of halogens is 1. The Balaban J connectivity index is 1.52. The van der Waals surface area contributed by atoms with Gasteiger partial charge in [-0.2, -0.15) is 0 Å². The average Bonchev–Trinajstić information content (AvgIpc) is 2.78. The third-order valence-corrected chi connectivity index (χ3v) is 5.72. The van der Waals surface area contributed by atoms with E-state index in [4.69, 9.17) is 11.6 Å². The first-order chi connectivity index (χ1) is 14.6. The molecular weight excluding hydrogens is 398 g/mol. The number of anilines is 2. The van der Waals surface area contributed by atoms with Crippen LogP contribution in [0.2, 0.25) is 5.02 Å². The lowest BCUT2D eigenvalue weighted by molar-refractivity contribution is -0.121. The molecule has 0 aliphatic carbocycles. The van der Waals surface area contributed by atoms with Gasteiger partial charge in [-0.25, -0.2) is 9.97 Å². The molecular formula is C23H24ClN5O. The maximum Gasteiger partial charge on any atom is 0.246 e. The molecule has 4 rings (SSSR count). The molecule has 1 aliphatic rings. The minimum atomic E-state index is -0.384. The van der Waals surface area contributed by atoms with E-state index in [-0.39, 0.29) is 11.9 Å². The van der Waals surface area contributed by atoms with Crippen LogP contribution in [0.15, 0.2) is 67.0 Å². The Morgan fingerprint density at radius 2 is 1.70 bits per heavy atom. The van der Waals surface area contributed by atoms with Crippen LogP contribution in [0.4, 0.5) is 11.6 Å². The van der Waals surface area contributed by atoms with Crippen LogP contribution >= 0.6 is 11.6 Å². The molecule has 0 saturated carbocycles. The second kappa shape index (κ2) is 9.24. The lowest BCUT2D eigenvalue weighted by atomic mass is 10.0. The molecule has 0 unspecified atom stereocenters. The number of hydrogen-bond donors (Lipinski definition) is 1. The third kappa shape index (κ3) is 4.61. The molecule has 1 aliphatic heterocycles. The van der Waals surface area contributed by atoms with Crippen molar-refractivity contribution in [2.24, 2.45) is 0 Å². The maximum atomic E-state index is 13.3. The molecule has 154 valence electrons. The number of nitrogens with one attached hydrogen (secondary N) is 1. The average molecular weight is 422 g/mol. The summed E-state index contributed by atoms with van der Waals surface area (Å²) in [6.07, 6.45) is 3.50. The van der Waals surface area contributed by atoms with Crippen LogP contribution in [0.3, 0.4) is 0 Å². The Labute approximate surface area is 181 Å². The summed E-state index contributed by atoms with van der Waals surface area (Å²) in [5.74, 6) is 0.665. The minimum absolute atomic E-state index is 0.0643. The fourth-order valence-corrected chi connectivity index (χ4v) is 3.86. The Morgan fingerprint density at radius 1 is 1.00 bits per heavy atom. The van der Waals surface area contributed by atoms with Crippen LogP contribution in [-0.2, 0) is 4.79 Å². The zero-order chi connectivity index (χ0) is 20.9. The molecule has 1 fully saturated rings. The smallest absolute Gasteiger partial charge is 0.246 e. The van der Waals surface area contributed by atoms with Gasteiger partial charge in [0.1, 0.15) is 6.04 Å². The van der Waals surface area contributed by atoms with Crippen LogP contribution in [0.1, 0.15) is 17.2 Å². The van der Waals surface area contributed by atoms with Gasteiger partial charge in [-0.15, -0.1) is 0 Å². The van der Waals surface area contributed by atoms with Crippen molar-refractivity contribution in [3.05, 3.63) is 83.1 Å². The van der Waals surface area contributed by atoms with E-state index >= 15 is 0 Å². The number of carbonyl (C=O) groups is 1. The maximum absolute atomic E-state index is 13.3. The monoisotopic (exact) mass is 421 g/mol. The standard InChI is InChI=1S/C23H24ClN5O/c1-17-8-9-19(16-20(17)24)27-22(30)21(18-6-3-2-4-7-18)28-12-14-29(15-13-28)23-25-10-5-11-26-23/h2-11,16,21H,12-15H2,1H3,(H,27,30)/t21-/m0/s1. The molecule has 7 heteroatoms. The molecule has 1 amide bonds. The number of nitrogens with zero attached hydrogens (tertiary/aromatic N) is 4. The van der Waals surface area contributed by atoms with Crippen molar-refractivity contribution in [1.29, 1.82) is 0 Å². The molecule has 1 atom stereocenters. The van der Waals surface area contributed by atoms with Crippen LogP contribution in [0.25, 0.3) is 0 Å². The van der Waals surface area contributed by atoms with Crippen LogP contribution in [0.5, 0.6) is 0 Å². The van der Waals surface area contributed by atoms with E-state index in [0.29, 0.717) is 10.7 Å². The fraction of sp³-hybridized carbons (Fsp3) is 0.261. The van der Waals surface area contributed by atoms with E-state index in [9.17, 15) is 4.79 Å². The molecule has 0 radical (unpaired) electrons. The normalized spacial score (nSPS) is 15.6. The van der Waals surface area contributed by atoms with Crippen molar-refractivity contribution in [1.82, 2.24) is 14.9 Å². The van der Waals surface area contributed by atoms with E-state index in [1.165, 1.54) is 0 Å². The second-order valence-corrected chi connectivity index (χ2v) is 7.75. The highest BCUT2D eigenvalue weighted by Gasteiger charge is 2.31. The van der Waals surface area contributed by atoms with Gasteiger partial charge in [0.25, 0.3) is 0 Å². The number of piperazine rings is 1. The van der Waals surface area contributed by atoms with Crippen molar-refractivity contribution < 1.29 is 4.79 Å². The van der Waals surface area contributed by atoms with Crippen molar-refractivity contribution in [2.45, 2.75) is 13.0 Å². The van der Waals surface area contributed by atoms with Gasteiger partial charge in [-0.05, 0) is 36.2 Å². The number of hydrogen-bond acceptors (Lipinski definition) is 5. The van der Waals surface area contributed by atoms with E-state index < -0.39 is 0 Å². The summed E-state index contributed by atoms with van der Waals surface area (Å²) in [7, 11) is 0. The number of rotatable bonds is 5. The predicted octanol–water partition coefficient (Wildman–Crippen LogP) is 3.94. The first-order valence-electron chi connectivity index (χ1n) is 10.00. The van der Waals surface area contributed by atoms with Crippen LogP contribution in [-0.4, -0.2) is 47.0 Å². The first kappa shape index (κ1) is 20.3. The van der Waals surface area contributed by atoms with E-state index in [1.54, 1.807) is 18.5 Å². The largest absolute Gasteiger partial charge is 0.338 e. The highest BCUT2D eigenvalue weighted by atomic mass is 35.5. The Bertz CT molecular complexity index is 991. The Kier molecular flexibility index (Phi) is 6.26. The summed E-state index contributed by atoms with van der Waals surface area (Å²) in [5.41, 5.74) is 2.65.